The summed E-state index contributed by atoms with van der Waals surface area (Å²) in [6.45, 7) is 5.52. The Morgan fingerprint density at radius 1 is 1.46 bits per heavy atom. The van der Waals surface area contributed by atoms with Gasteiger partial charge in [-0.1, -0.05) is 25.1 Å². The van der Waals surface area contributed by atoms with Crippen molar-refractivity contribution >= 4 is 0 Å². The van der Waals surface area contributed by atoms with E-state index in [0.29, 0.717) is 6.04 Å². The average molecular weight is 175 g/mol. The van der Waals surface area contributed by atoms with Crippen molar-refractivity contribution in [3.8, 4) is 0 Å². The first-order valence-corrected chi connectivity index (χ1v) is 5.12. The molecule has 13 heavy (non-hydrogen) atoms. The first-order valence-electron chi connectivity index (χ1n) is 5.12. The molecule has 0 radical (unpaired) electrons. The maximum atomic E-state index is 3.55. The van der Waals surface area contributed by atoms with Gasteiger partial charge in [0, 0.05) is 12.6 Å². The molecule has 1 unspecified atom stereocenters. The standard InChI is InChI=1S/C12H17N/c1-3-11-7-12-9(2)5-4-6-10(12)8-13-11/h4-6,11,13H,3,7-8H2,1-2H3. The number of aryl methyl sites for hydroxylation is 1. The molecule has 0 aliphatic carbocycles. The van der Waals surface area contributed by atoms with Crippen molar-refractivity contribution in [2.75, 3.05) is 0 Å². The molecule has 0 aromatic heterocycles. The third kappa shape index (κ3) is 1.61. The molecule has 1 aromatic rings. The predicted molar refractivity (Wildman–Crippen MR) is 55.8 cm³/mol. The van der Waals surface area contributed by atoms with Crippen molar-refractivity contribution in [1.82, 2.24) is 5.32 Å². The summed E-state index contributed by atoms with van der Waals surface area (Å²) in [4.78, 5) is 0. The molecule has 1 aliphatic heterocycles. The molecule has 0 fully saturated rings. The summed E-state index contributed by atoms with van der Waals surface area (Å²) in [6.07, 6.45) is 2.44. The molecule has 1 heteroatoms. The number of rotatable bonds is 1. The number of benzene rings is 1. The lowest BCUT2D eigenvalue weighted by Crippen LogP contribution is -2.35. The lowest BCUT2D eigenvalue weighted by molar-refractivity contribution is 0.466. The minimum atomic E-state index is 0.689. The smallest absolute Gasteiger partial charge is 0.0211 e. The van der Waals surface area contributed by atoms with Gasteiger partial charge >= 0.3 is 0 Å². The maximum Gasteiger partial charge on any atom is 0.0211 e. The zero-order valence-electron chi connectivity index (χ0n) is 8.43. The van der Waals surface area contributed by atoms with Gasteiger partial charge in [-0.15, -0.1) is 0 Å². The Labute approximate surface area is 80.2 Å². The second kappa shape index (κ2) is 3.51. The van der Waals surface area contributed by atoms with Crippen LogP contribution in [0.15, 0.2) is 18.2 Å². The summed E-state index contributed by atoms with van der Waals surface area (Å²) in [5, 5.41) is 3.55. The van der Waals surface area contributed by atoms with Crippen LogP contribution >= 0.6 is 0 Å². The summed E-state index contributed by atoms with van der Waals surface area (Å²) in [7, 11) is 0. The van der Waals surface area contributed by atoms with Gasteiger partial charge in [0.05, 0.1) is 0 Å². The fraction of sp³-hybridized carbons (Fsp3) is 0.500. The van der Waals surface area contributed by atoms with Gasteiger partial charge in [0.2, 0.25) is 0 Å². The normalized spacial score (nSPS) is 21.2. The van der Waals surface area contributed by atoms with E-state index in [0.717, 1.165) is 6.54 Å². The molecular formula is C12H17N. The predicted octanol–water partition coefficient (Wildman–Crippen LogP) is 2.42. The molecule has 0 spiro atoms. The van der Waals surface area contributed by atoms with Crippen LogP contribution in [0.5, 0.6) is 0 Å². The lowest BCUT2D eigenvalue weighted by atomic mass is 9.91. The first-order chi connectivity index (χ1) is 6.31. The Hall–Kier alpha value is -0.820. The van der Waals surface area contributed by atoms with Crippen LogP contribution in [0.1, 0.15) is 30.0 Å². The summed E-state index contributed by atoms with van der Waals surface area (Å²) >= 11 is 0. The van der Waals surface area contributed by atoms with Crippen LogP contribution < -0.4 is 5.32 Å². The van der Waals surface area contributed by atoms with Gasteiger partial charge in [0.15, 0.2) is 0 Å². The largest absolute Gasteiger partial charge is 0.310 e. The van der Waals surface area contributed by atoms with Gasteiger partial charge in [-0.2, -0.15) is 0 Å². The quantitative estimate of drug-likeness (QED) is 0.691. The monoisotopic (exact) mass is 175 g/mol. The van der Waals surface area contributed by atoms with E-state index in [2.05, 4.69) is 37.4 Å². The van der Waals surface area contributed by atoms with Crippen LogP contribution in [0.2, 0.25) is 0 Å². The summed E-state index contributed by atoms with van der Waals surface area (Å²) in [6, 6.07) is 7.30. The molecule has 1 heterocycles. The highest BCUT2D eigenvalue weighted by Gasteiger charge is 2.16. The fourth-order valence-electron chi connectivity index (χ4n) is 2.08. The highest BCUT2D eigenvalue weighted by Crippen LogP contribution is 2.21. The molecule has 2 rings (SSSR count). The van der Waals surface area contributed by atoms with Crippen molar-refractivity contribution in [2.45, 2.75) is 39.3 Å². The van der Waals surface area contributed by atoms with E-state index in [9.17, 15) is 0 Å². The molecular weight excluding hydrogens is 158 g/mol. The van der Waals surface area contributed by atoms with Crippen LogP contribution in [0.4, 0.5) is 0 Å². The van der Waals surface area contributed by atoms with E-state index in [-0.39, 0.29) is 0 Å². The minimum Gasteiger partial charge on any atom is -0.310 e. The van der Waals surface area contributed by atoms with E-state index < -0.39 is 0 Å². The SMILES string of the molecule is CCC1Cc2c(C)cccc2CN1. The van der Waals surface area contributed by atoms with Crippen molar-refractivity contribution in [3.05, 3.63) is 34.9 Å². The third-order valence-electron chi connectivity index (χ3n) is 3.03. The Kier molecular flexibility index (Phi) is 2.36. The zero-order chi connectivity index (χ0) is 9.26. The molecule has 1 aromatic carbocycles. The number of nitrogens with one attached hydrogen (secondary N) is 1. The molecule has 1 N–H and O–H groups in total. The van der Waals surface area contributed by atoms with E-state index in [1.54, 1.807) is 5.56 Å². The van der Waals surface area contributed by atoms with Gasteiger partial charge in [-0.05, 0) is 36.5 Å². The zero-order valence-corrected chi connectivity index (χ0v) is 8.43. The van der Waals surface area contributed by atoms with Gasteiger partial charge in [-0.3, -0.25) is 0 Å². The minimum absolute atomic E-state index is 0.689. The molecule has 1 aliphatic rings. The topological polar surface area (TPSA) is 12.0 Å². The van der Waals surface area contributed by atoms with E-state index in [4.69, 9.17) is 0 Å². The van der Waals surface area contributed by atoms with Crippen molar-refractivity contribution in [3.63, 3.8) is 0 Å². The van der Waals surface area contributed by atoms with Crippen LogP contribution in [0, 0.1) is 6.92 Å². The molecule has 0 saturated carbocycles. The summed E-state index contributed by atoms with van der Waals surface area (Å²) in [5.74, 6) is 0. The van der Waals surface area contributed by atoms with Gasteiger partial charge < -0.3 is 5.32 Å². The van der Waals surface area contributed by atoms with Crippen molar-refractivity contribution < 1.29 is 0 Å². The van der Waals surface area contributed by atoms with E-state index in [1.807, 2.05) is 0 Å². The van der Waals surface area contributed by atoms with Crippen LogP contribution in [-0.4, -0.2) is 6.04 Å². The summed E-state index contributed by atoms with van der Waals surface area (Å²) in [5.41, 5.74) is 4.52. The van der Waals surface area contributed by atoms with Gasteiger partial charge in [-0.25, -0.2) is 0 Å². The second-order valence-electron chi connectivity index (χ2n) is 3.90. The molecule has 0 bridgehead atoms. The van der Waals surface area contributed by atoms with Crippen LogP contribution in [0.3, 0.4) is 0 Å². The van der Waals surface area contributed by atoms with E-state index in [1.165, 1.54) is 24.0 Å². The highest BCUT2D eigenvalue weighted by atomic mass is 14.9. The maximum absolute atomic E-state index is 3.55. The highest BCUT2D eigenvalue weighted by molar-refractivity contribution is 5.36. The molecule has 0 amide bonds. The van der Waals surface area contributed by atoms with Crippen LogP contribution in [-0.2, 0) is 13.0 Å². The third-order valence-corrected chi connectivity index (χ3v) is 3.03. The summed E-state index contributed by atoms with van der Waals surface area (Å²) < 4.78 is 0. The number of hydrogen-bond acceptors (Lipinski definition) is 1. The Balaban J connectivity index is 2.32. The molecule has 0 saturated heterocycles. The van der Waals surface area contributed by atoms with Crippen LogP contribution in [0.25, 0.3) is 0 Å². The van der Waals surface area contributed by atoms with Gasteiger partial charge in [0.25, 0.3) is 0 Å². The first kappa shape index (κ1) is 8.76. The molecule has 1 nitrogen and oxygen atoms in total. The molecule has 70 valence electrons. The van der Waals surface area contributed by atoms with Gasteiger partial charge in [0.1, 0.15) is 0 Å². The fourth-order valence-corrected chi connectivity index (χ4v) is 2.08. The Morgan fingerprint density at radius 2 is 2.31 bits per heavy atom. The Bertz CT molecular complexity index is 304. The second-order valence-corrected chi connectivity index (χ2v) is 3.90. The van der Waals surface area contributed by atoms with Crippen molar-refractivity contribution in [2.24, 2.45) is 0 Å². The van der Waals surface area contributed by atoms with Crippen molar-refractivity contribution in [1.29, 1.82) is 0 Å². The Morgan fingerprint density at radius 3 is 3.08 bits per heavy atom. The molecule has 1 atom stereocenters. The van der Waals surface area contributed by atoms with E-state index >= 15 is 0 Å². The average Bonchev–Trinajstić information content (AvgIpc) is 2.18. The number of hydrogen-bond donors (Lipinski definition) is 1. The number of fused-ring (bicyclic) bond motifs is 1. The lowest BCUT2D eigenvalue weighted by Gasteiger charge is -2.26.